The zero-order chi connectivity index (χ0) is 12.0. The van der Waals surface area contributed by atoms with E-state index in [1.807, 2.05) is 13.8 Å². The van der Waals surface area contributed by atoms with E-state index in [2.05, 4.69) is 5.16 Å². The Morgan fingerprint density at radius 2 is 1.88 bits per heavy atom. The van der Waals surface area contributed by atoms with Crippen molar-refractivity contribution in [2.24, 2.45) is 5.16 Å². The van der Waals surface area contributed by atoms with Crippen LogP contribution in [0.3, 0.4) is 0 Å². The lowest BCUT2D eigenvalue weighted by atomic mass is 9.95. The van der Waals surface area contributed by atoms with E-state index in [4.69, 9.17) is 9.94 Å². The first-order chi connectivity index (χ1) is 7.63. The summed E-state index contributed by atoms with van der Waals surface area (Å²) in [4.78, 5) is 0. The topological polar surface area (TPSA) is 62.0 Å². The Kier molecular flexibility index (Phi) is 5.22. The van der Waals surface area contributed by atoms with E-state index >= 15 is 0 Å². The van der Waals surface area contributed by atoms with Crippen molar-refractivity contribution in [1.82, 2.24) is 0 Å². The van der Waals surface area contributed by atoms with Crippen LogP contribution in [-0.2, 0) is 4.74 Å². The lowest BCUT2D eigenvalue weighted by molar-refractivity contribution is -0.0808. The molecule has 0 spiro atoms. The van der Waals surface area contributed by atoms with Crippen molar-refractivity contribution in [1.29, 1.82) is 0 Å². The molecular formula is C12H23NO3. The molecule has 2 N–H and O–H groups in total. The van der Waals surface area contributed by atoms with Gasteiger partial charge >= 0.3 is 0 Å². The highest BCUT2D eigenvalue weighted by Crippen LogP contribution is 2.22. The van der Waals surface area contributed by atoms with Gasteiger partial charge in [0.05, 0.1) is 24.0 Å². The molecule has 0 aliphatic heterocycles. The van der Waals surface area contributed by atoms with Crippen LogP contribution in [-0.4, -0.2) is 34.3 Å². The van der Waals surface area contributed by atoms with Gasteiger partial charge in [-0.3, -0.25) is 0 Å². The first kappa shape index (κ1) is 13.5. The zero-order valence-electron chi connectivity index (χ0n) is 10.3. The second-order valence-electron chi connectivity index (χ2n) is 4.61. The summed E-state index contributed by atoms with van der Waals surface area (Å²) in [5.41, 5.74) is 0.187. The van der Waals surface area contributed by atoms with Crippen molar-refractivity contribution in [3.8, 4) is 0 Å². The summed E-state index contributed by atoms with van der Waals surface area (Å²) in [6.45, 7) is 4.37. The minimum Gasteiger partial charge on any atom is -0.411 e. The summed E-state index contributed by atoms with van der Waals surface area (Å²) in [5.74, 6) is 0. The van der Waals surface area contributed by atoms with Crippen molar-refractivity contribution in [2.75, 3.05) is 6.61 Å². The van der Waals surface area contributed by atoms with Gasteiger partial charge in [-0.1, -0.05) is 19.0 Å². The van der Waals surface area contributed by atoms with Gasteiger partial charge in [0.15, 0.2) is 0 Å². The number of nitrogens with zero attached hydrogens (tertiary/aromatic N) is 1. The van der Waals surface area contributed by atoms with Crippen molar-refractivity contribution < 1.29 is 15.1 Å². The minimum atomic E-state index is -0.675. The summed E-state index contributed by atoms with van der Waals surface area (Å²) >= 11 is 0. The van der Waals surface area contributed by atoms with Gasteiger partial charge in [0.2, 0.25) is 0 Å². The molecule has 1 fully saturated rings. The van der Waals surface area contributed by atoms with Crippen molar-refractivity contribution in [3.63, 3.8) is 0 Å². The molecule has 0 aromatic carbocycles. The van der Waals surface area contributed by atoms with E-state index < -0.39 is 5.60 Å². The molecule has 0 unspecified atom stereocenters. The summed E-state index contributed by atoms with van der Waals surface area (Å²) in [5, 5.41) is 21.9. The largest absolute Gasteiger partial charge is 0.411 e. The molecule has 0 saturated heterocycles. The van der Waals surface area contributed by atoms with Crippen molar-refractivity contribution in [2.45, 2.75) is 64.1 Å². The van der Waals surface area contributed by atoms with Gasteiger partial charge in [-0.25, -0.2) is 0 Å². The van der Waals surface area contributed by atoms with Gasteiger partial charge in [0.1, 0.15) is 0 Å². The van der Waals surface area contributed by atoms with Crippen LogP contribution in [0.2, 0.25) is 0 Å². The first-order valence-electron chi connectivity index (χ1n) is 6.17. The van der Waals surface area contributed by atoms with Gasteiger partial charge < -0.3 is 15.1 Å². The lowest BCUT2D eigenvalue weighted by Crippen LogP contribution is -2.36. The molecule has 0 aromatic heterocycles. The van der Waals surface area contributed by atoms with Gasteiger partial charge in [0, 0.05) is 0 Å². The number of oxime groups is 1. The fraction of sp³-hybridized carbons (Fsp3) is 0.917. The summed E-state index contributed by atoms with van der Waals surface area (Å²) < 4.78 is 5.74. The molecule has 1 saturated carbocycles. The van der Waals surface area contributed by atoms with Crippen LogP contribution in [0.15, 0.2) is 5.16 Å². The van der Waals surface area contributed by atoms with E-state index in [0.717, 1.165) is 44.2 Å². The highest BCUT2D eigenvalue weighted by Gasteiger charge is 2.26. The van der Waals surface area contributed by atoms with Gasteiger partial charge in [-0.2, -0.15) is 0 Å². The predicted molar refractivity (Wildman–Crippen MR) is 63.0 cm³/mol. The number of hydrogen-bond acceptors (Lipinski definition) is 4. The van der Waals surface area contributed by atoms with E-state index in [1.54, 1.807) is 0 Å². The molecular weight excluding hydrogens is 206 g/mol. The Bertz CT molecular complexity index is 226. The van der Waals surface area contributed by atoms with Crippen LogP contribution < -0.4 is 0 Å². The lowest BCUT2D eigenvalue weighted by Gasteiger charge is -2.29. The molecule has 16 heavy (non-hydrogen) atoms. The molecule has 0 amide bonds. The average Bonchev–Trinajstić information content (AvgIpc) is 2.36. The minimum absolute atomic E-state index is 0.204. The van der Waals surface area contributed by atoms with Gasteiger partial charge in [-0.15, -0.1) is 0 Å². The standard InChI is InChI=1S/C12H23NO3/c1-3-12(14,4-2)9-16-11-7-5-10(13-15)6-8-11/h11,14-15H,3-9H2,1-2H3. The van der Waals surface area contributed by atoms with Crippen LogP contribution >= 0.6 is 0 Å². The highest BCUT2D eigenvalue weighted by molar-refractivity contribution is 5.84. The molecule has 1 rings (SSSR count). The molecule has 1 aliphatic rings. The van der Waals surface area contributed by atoms with Crippen LogP contribution in [0, 0.1) is 0 Å². The van der Waals surface area contributed by atoms with E-state index in [0.29, 0.717) is 6.61 Å². The maximum Gasteiger partial charge on any atom is 0.0875 e. The third-order valence-corrected chi connectivity index (χ3v) is 3.56. The van der Waals surface area contributed by atoms with E-state index in [-0.39, 0.29) is 6.10 Å². The first-order valence-corrected chi connectivity index (χ1v) is 6.17. The summed E-state index contributed by atoms with van der Waals surface area (Å²) in [6.07, 6.45) is 5.04. The number of hydrogen-bond donors (Lipinski definition) is 2. The zero-order valence-corrected chi connectivity index (χ0v) is 10.3. The van der Waals surface area contributed by atoms with Crippen LogP contribution in [0.1, 0.15) is 52.4 Å². The molecule has 94 valence electrons. The fourth-order valence-corrected chi connectivity index (χ4v) is 1.92. The Morgan fingerprint density at radius 3 is 2.31 bits per heavy atom. The molecule has 4 nitrogen and oxygen atoms in total. The fourth-order valence-electron chi connectivity index (χ4n) is 1.92. The molecule has 0 bridgehead atoms. The third kappa shape index (κ3) is 3.76. The van der Waals surface area contributed by atoms with Crippen LogP contribution in [0.4, 0.5) is 0 Å². The number of aliphatic hydroxyl groups is 1. The normalized spacial score (nSPS) is 22.2. The smallest absolute Gasteiger partial charge is 0.0875 e. The maximum atomic E-state index is 10.1. The Morgan fingerprint density at radius 1 is 1.31 bits per heavy atom. The average molecular weight is 229 g/mol. The second-order valence-corrected chi connectivity index (χ2v) is 4.61. The Labute approximate surface area is 97.3 Å². The quantitative estimate of drug-likeness (QED) is 0.562. The van der Waals surface area contributed by atoms with Crippen molar-refractivity contribution >= 4 is 5.71 Å². The SMILES string of the molecule is CCC(O)(CC)COC1CCC(=NO)CC1. The van der Waals surface area contributed by atoms with Crippen LogP contribution in [0.5, 0.6) is 0 Å². The summed E-state index contributed by atoms with van der Waals surface area (Å²) in [6, 6.07) is 0. The molecule has 1 aliphatic carbocycles. The van der Waals surface area contributed by atoms with Crippen LogP contribution in [0.25, 0.3) is 0 Å². The van der Waals surface area contributed by atoms with E-state index in [9.17, 15) is 5.11 Å². The summed E-state index contributed by atoms with van der Waals surface area (Å²) in [7, 11) is 0. The molecule has 0 aromatic rings. The predicted octanol–water partition coefficient (Wildman–Crippen LogP) is 2.33. The maximum absolute atomic E-state index is 10.1. The molecule has 0 atom stereocenters. The van der Waals surface area contributed by atoms with Gasteiger partial charge in [0.25, 0.3) is 0 Å². The van der Waals surface area contributed by atoms with Crippen molar-refractivity contribution in [3.05, 3.63) is 0 Å². The monoisotopic (exact) mass is 229 g/mol. The van der Waals surface area contributed by atoms with Gasteiger partial charge in [-0.05, 0) is 38.5 Å². The number of rotatable bonds is 5. The Hall–Kier alpha value is -0.610. The number of ether oxygens (including phenoxy) is 1. The molecule has 4 heteroatoms. The third-order valence-electron chi connectivity index (χ3n) is 3.56. The van der Waals surface area contributed by atoms with E-state index in [1.165, 1.54) is 0 Å². The molecule has 0 heterocycles. The Balaban J connectivity index is 2.29. The highest BCUT2D eigenvalue weighted by atomic mass is 16.5. The second kappa shape index (κ2) is 6.21. The molecule has 0 radical (unpaired) electrons.